The Morgan fingerprint density at radius 2 is 1.69 bits per heavy atom. The van der Waals surface area contributed by atoms with E-state index in [0.29, 0.717) is 18.0 Å². The van der Waals surface area contributed by atoms with Crippen molar-refractivity contribution >= 4 is 35.8 Å². The van der Waals surface area contributed by atoms with Gasteiger partial charge in [0.05, 0.1) is 12.6 Å². The second kappa shape index (κ2) is 12.1. The summed E-state index contributed by atoms with van der Waals surface area (Å²) in [7, 11) is 0. The summed E-state index contributed by atoms with van der Waals surface area (Å²) in [5.74, 6) is -0.412. The number of likely N-dealkylation sites (N-methyl/N-ethyl adjacent to an activating group) is 1. The van der Waals surface area contributed by atoms with Gasteiger partial charge in [0, 0.05) is 12.2 Å². The van der Waals surface area contributed by atoms with E-state index in [1.54, 1.807) is 24.3 Å². The van der Waals surface area contributed by atoms with Gasteiger partial charge in [-0.05, 0) is 37.1 Å². The molecule has 3 amide bonds. The van der Waals surface area contributed by atoms with Gasteiger partial charge in [0.25, 0.3) is 5.91 Å². The van der Waals surface area contributed by atoms with E-state index in [1.807, 2.05) is 20.8 Å². The monoisotopic (exact) mass is 386 g/mol. The molecule has 0 bridgehead atoms. The molecule has 0 aromatic heterocycles. The van der Waals surface area contributed by atoms with Crippen molar-refractivity contribution in [3.05, 3.63) is 24.3 Å². The fraction of sp³-hybridized carbons (Fsp3) is 0.471. The SMILES string of the molecule is CCNC(=O)COc1ccc(NC(=O)CNC(=O)[C@@H](N)C(C)C)cc1.Cl. The van der Waals surface area contributed by atoms with Crippen LogP contribution in [0.25, 0.3) is 0 Å². The van der Waals surface area contributed by atoms with E-state index in [2.05, 4.69) is 16.0 Å². The van der Waals surface area contributed by atoms with E-state index in [1.165, 1.54) is 0 Å². The zero-order chi connectivity index (χ0) is 18.8. The number of amides is 3. The maximum absolute atomic E-state index is 11.8. The Hall–Kier alpha value is -2.32. The van der Waals surface area contributed by atoms with Crippen LogP contribution in [0.3, 0.4) is 0 Å². The summed E-state index contributed by atoms with van der Waals surface area (Å²) < 4.78 is 5.31. The summed E-state index contributed by atoms with van der Waals surface area (Å²) in [6, 6.07) is 5.93. The summed E-state index contributed by atoms with van der Waals surface area (Å²) in [6.07, 6.45) is 0. The van der Waals surface area contributed by atoms with Crippen LogP contribution in [0.15, 0.2) is 24.3 Å². The molecule has 0 unspecified atom stereocenters. The molecular weight excluding hydrogens is 360 g/mol. The number of hydrogen-bond donors (Lipinski definition) is 4. The third-order valence-electron chi connectivity index (χ3n) is 3.33. The molecule has 0 saturated heterocycles. The number of nitrogens with one attached hydrogen (secondary N) is 3. The topological polar surface area (TPSA) is 123 Å². The van der Waals surface area contributed by atoms with Crippen LogP contribution >= 0.6 is 12.4 Å². The molecule has 26 heavy (non-hydrogen) atoms. The molecule has 0 saturated carbocycles. The lowest BCUT2D eigenvalue weighted by Gasteiger charge is -2.15. The quantitative estimate of drug-likeness (QED) is 0.496. The second-order valence-corrected chi connectivity index (χ2v) is 5.80. The first kappa shape index (κ1) is 23.7. The maximum Gasteiger partial charge on any atom is 0.257 e. The van der Waals surface area contributed by atoms with E-state index in [0.717, 1.165) is 0 Å². The first-order valence-corrected chi connectivity index (χ1v) is 8.16. The highest BCUT2D eigenvalue weighted by Gasteiger charge is 2.17. The lowest BCUT2D eigenvalue weighted by Crippen LogP contribution is -2.46. The Bertz CT molecular complexity index is 593. The average Bonchev–Trinajstić information content (AvgIpc) is 2.58. The molecule has 0 radical (unpaired) electrons. The molecule has 0 fully saturated rings. The average molecular weight is 387 g/mol. The fourth-order valence-corrected chi connectivity index (χ4v) is 1.82. The Morgan fingerprint density at radius 1 is 1.08 bits per heavy atom. The minimum Gasteiger partial charge on any atom is -0.484 e. The molecule has 0 aliphatic carbocycles. The van der Waals surface area contributed by atoms with Crippen molar-refractivity contribution in [2.45, 2.75) is 26.8 Å². The molecule has 146 valence electrons. The van der Waals surface area contributed by atoms with Crippen LogP contribution in [0, 0.1) is 5.92 Å². The molecule has 0 aliphatic heterocycles. The maximum atomic E-state index is 11.8. The van der Waals surface area contributed by atoms with Crippen LogP contribution in [-0.2, 0) is 14.4 Å². The van der Waals surface area contributed by atoms with Gasteiger partial charge in [-0.2, -0.15) is 0 Å². The molecule has 0 spiro atoms. The lowest BCUT2D eigenvalue weighted by atomic mass is 10.1. The van der Waals surface area contributed by atoms with E-state index in [-0.39, 0.29) is 49.2 Å². The van der Waals surface area contributed by atoms with Crippen molar-refractivity contribution in [2.24, 2.45) is 11.7 Å². The molecule has 8 nitrogen and oxygen atoms in total. The van der Waals surface area contributed by atoms with Crippen molar-refractivity contribution in [3.63, 3.8) is 0 Å². The molecule has 9 heteroatoms. The molecule has 1 aromatic carbocycles. The van der Waals surface area contributed by atoms with Gasteiger partial charge in [-0.3, -0.25) is 14.4 Å². The van der Waals surface area contributed by atoms with Crippen LogP contribution in [-0.4, -0.2) is 43.5 Å². The van der Waals surface area contributed by atoms with Crippen molar-refractivity contribution < 1.29 is 19.1 Å². The molecular formula is C17H27ClN4O4. The van der Waals surface area contributed by atoms with Gasteiger partial charge in [-0.15, -0.1) is 12.4 Å². The first-order chi connectivity index (χ1) is 11.8. The largest absolute Gasteiger partial charge is 0.484 e. The van der Waals surface area contributed by atoms with Gasteiger partial charge in [0.1, 0.15) is 5.75 Å². The van der Waals surface area contributed by atoms with Crippen LogP contribution in [0.1, 0.15) is 20.8 Å². The highest BCUT2D eigenvalue weighted by Crippen LogP contribution is 2.15. The second-order valence-electron chi connectivity index (χ2n) is 5.80. The van der Waals surface area contributed by atoms with E-state index >= 15 is 0 Å². The lowest BCUT2D eigenvalue weighted by molar-refractivity contribution is -0.125. The summed E-state index contributed by atoms with van der Waals surface area (Å²) in [5.41, 5.74) is 6.25. The summed E-state index contributed by atoms with van der Waals surface area (Å²) in [4.78, 5) is 34.8. The molecule has 0 aliphatic rings. The van der Waals surface area contributed by atoms with Gasteiger partial charge >= 0.3 is 0 Å². The summed E-state index contributed by atoms with van der Waals surface area (Å²) >= 11 is 0. The van der Waals surface area contributed by atoms with Crippen molar-refractivity contribution in [3.8, 4) is 5.75 Å². The Morgan fingerprint density at radius 3 is 2.23 bits per heavy atom. The minimum absolute atomic E-state index is 0. The van der Waals surface area contributed by atoms with Crippen molar-refractivity contribution in [1.82, 2.24) is 10.6 Å². The van der Waals surface area contributed by atoms with E-state index in [4.69, 9.17) is 10.5 Å². The molecule has 1 rings (SSSR count). The van der Waals surface area contributed by atoms with Gasteiger partial charge in [-0.25, -0.2) is 0 Å². The fourth-order valence-electron chi connectivity index (χ4n) is 1.82. The molecule has 5 N–H and O–H groups in total. The number of hydrogen-bond acceptors (Lipinski definition) is 5. The molecule has 1 aromatic rings. The predicted octanol–water partition coefficient (Wildman–Crippen LogP) is 0.661. The number of halogens is 1. The summed E-state index contributed by atoms with van der Waals surface area (Å²) in [5, 5.41) is 7.77. The van der Waals surface area contributed by atoms with Crippen molar-refractivity contribution in [2.75, 3.05) is 25.0 Å². The highest BCUT2D eigenvalue weighted by atomic mass is 35.5. The number of carbonyl (C=O) groups is 3. The van der Waals surface area contributed by atoms with Crippen LogP contribution in [0.5, 0.6) is 5.75 Å². The van der Waals surface area contributed by atoms with Crippen LogP contribution in [0.4, 0.5) is 5.69 Å². The van der Waals surface area contributed by atoms with Crippen LogP contribution < -0.4 is 26.4 Å². The van der Waals surface area contributed by atoms with Crippen LogP contribution in [0.2, 0.25) is 0 Å². The number of benzene rings is 1. The number of nitrogens with two attached hydrogens (primary N) is 1. The van der Waals surface area contributed by atoms with Gasteiger partial charge < -0.3 is 26.4 Å². The highest BCUT2D eigenvalue weighted by molar-refractivity contribution is 5.95. The van der Waals surface area contributed by atoms with E-state index < -0.39 is 6.04 Å². The number of anilines is 1. The van der Waals surface area contributed by atoms with Crippen molar-refractivity contribution in [1.29, 1.82) is 0 Å². The Balaban J connectivity index is 0.00000625. The predicted molar refractivity (Wildman–Crippen MR) is 102 cm³/mol. The first-order valence-electron chi connectivity index (χ1n) is 8.16. The van der Waals surface area contributed by atoms with Gasteiger partial charge in [0.15, 0.2) is 6.61 Å². The Labute approximate surface area is 159 Å². The molecule has 1 atom stereocenters. The smallest absolute Gasteiger partial charge is 0.257 e. The Kier molecular flexibility index (Phi) is 11.0. The normalized spacial score (nSPS) is 11.1. The zero-order valence-corrected chi connectivity index (χ0v) is 16.0. The number of carbonyl (C=O) groups excluding carboxylic acids is 3. The number of ether oxygens (including phenoxy) is 1. The summed E-state index contributed by atoms with van der Waals surface area (Å²) in [6.45, 7) is 5.82. The van der Waals surface area contributed by atoms with Gasteiger partial charge in [-0.1, -0.05) is 13.8 Å². The third-order valence-corrected chi connectivity index (χ3v) is 3.33. The minimum atomic E-state index is -0.644. The zero-order valence-electron chi connectivity index (χ0n) is 15.2. The van der Waals surface area contributed by atoms with Gasteiger partial charge in [0.2, 0.25) is 11.8 Å². The molecule has 0 heterocycles. The third kappa shape index (κ3) is 8.68. The van der Waals surface area contributed by atoms with E-state index in [9.17, 15) is 14.4 Å². The number of rotatable bonds is 9. The standard InChI is InChI=1S/C17H26N4O4.ClH/c1-4-19-15(23)10-25-13-7-5-12(6-8-13)21-14(22)9-20-17(24)16(18)11(2)3;/h5-8,11,16H,4,9-10,18H2,1-3H3,(H,19,23)(H,20,24)(H,21,22);1H/t16-;/m0./s1.